The van der Waals surface area contributed by atoms with Gasteiger partial charge in [-0.2, -0.15) is 8.42 Å². The summed E-state index contributed by atoms with van der Waals surface area (Å²) >= 11 is 1.52. The molecule has 0 amide bonds. The summed E-state index contributed by atoms with van der Waals surface area (Å²) in [6, 6.07) is 2.82. The molecule has 9 heteroatoms. The second kappa shape index (κ2) is 5.99. The zero-order valence-electron chi connectivity index (χ0n) is 11.9. The summed E-state index contributed by atoms with van der Waals surface area (Å²) in [5, 5.41) is 0.351. The number of hydrogen-bond donors (Lipinski definition) is 1. The summed E-state index contributed by atoms with van der Waals surface area (Å²) in [5.41, 5.74) is 2.14. The van der Waals surface area contributed by atoms with Gasteiger partial charge in [0.2, 0.25) is 5.09 Å². The zero-order valence-corrected chi connectivity index (χ0v) is 13.5. The number of furan rings is 1. The van der Waals surface area contributed by atoms with E-state index in [-0.39, 0.29) is 0 Å². The first-order chi connectivity index (χ1) is 10.5. The molecule has 1 N–H and O–H groups in total. The largest absolute Gasteiger partial charge is 0.446 e. The molecule has 2 aromatic heterocycles. The van der Waals surface area contributed by atoms with Crippen LogP contribution in [0.5, 0.6) is 0 Å². The number of thioether (sulfide) groups is 1. The van der Waals surface area contributed by atoms with Crippen LogP contribution in [0.3, 0.4) is 0 Å². The molecule has 1 aliphatic heterocycles. The van der Waals surface area contributed by atoms with Crippen LogP contribution in [0.15, 0.2) is 33.0 Å². The maximum absolute atomic E-state index is 11.0. The van der Waals surface area contributed by atoms with Gasteiger partial charge >= 0.3 is 10.1 Å². The predicted octanol–water partition coefficient (Wildman–Crippen LogP) is 1.60. The van der Waals surface area contributed by atoms with Crippen LogP contribution in [0, 0.1) is 0 Å². The van der Waals surface area contributed by atoms with E-state index in [2.05, 4.69) is 14.9 Å². The van der Waals surface area contributed by atoms with Crippen molar-refractivity contribution in [1.82, 2.24) is 14.9 Å². The molecule has 7 nitrogen and oxygen atoms in total. The summed E-state index contributed by atoms with van der Waals surface area (Å²) in [5.74, 6) is 0.498. The highest BCUT2D eigenvalue weighted by atomic mass is 32.2. The minimum Gasteiger partial charge on any atom is -0.446 e. The minimum atomic E-state index is -4.29. The molecule has 1 aliphatic rings. The van der Waals surface area contributed by atoms with Crippen molar-refractivity contribution < 1.29 is 17.4 Å². The van der Waals surface area contributed by atoms with E-state index < -0.39 is 15.2 Å². The highest BCUT2D eigenvalue weighted by Gasteiger charge is 2.21. The SMILES string of the molecule is CSc1ncc2c(n1)CCN(Cc1ccc(S(=O)(=O)O)o1)C2. The molecule has 0 bridgehead atoms. The average molecular weight is 341 g/mol. The summed E-state index contributed by atoms with van der Waals surface area (Å²) in [6.07, 6.45) is 4.60. The number of nitrogens with zero attached hydrogens (tertiary/aromatic N) is 3. The third-order valence-electron chi connectivity index (χ3n) is 3.44. The van der Waals surface area contributed by atoms with Crippen molar-refractivity contribution in [2.24, 2.45) is 0 Å². The van der Waals surface area contributed by atoms with Crippen molar-refractivity contribution in [3.63, 3.8) is 0 Å². The minimum absolute atomic E-state index is 0.423. The Morgan fingerprint density at radius 3 is 2.95 bits per heavy atom. The van der Waals surface area contributed by atoms with Gasteiger partial charge in [0.05, 0.1) is 12.2 Å². The molecule has 22 heavy (non-hydrogen) atoms. The maximum Gasteiger partial charge on any atom is 0.328 e. The van der Waals surface area contributed by atoms with Gasteiger partial charge in [0.15, 0.2) is 5.16 Å². The first-order valence-electron chi connectivity index (χ1n) is 6.63. The summed E-state index contributed by atoms with van der Waals surface area (Å²) < 4.78 is 36.1. The number of aromatic nitrogens is 2. The van der Waals surface area contributed by atoms with Crippen LogP contribution in [-0.2, 0) is 29.6 Å². The smallest absolute Gasteiger partial charge is 0.328 e. The maximum atomic E-state index is 11.0. The number of rotatable bonds is 4. The zero-order chi connectivity index (χ0) is 15.7. The molecular weight excluding hydrogens is 326 g/mol. The van der Waals surface area contributed by atoms with E-state index in [1.54, 1.807) is 6.07 Å². The highest BCUT2D eigenvalue weighted by molar-refractivity contribution is 7.98. The first kappa shape index (κ1) is 15.5. The molecule has 3 rings (SSSR count). The van der Waals surface area contributed by atoms with Crippen molar-refractivity contribution in [3.8, 4) is 0 Å². The number of fused-ring (bicyclic) bond motifs is 1. The fraction of sp³-hybridized carbons (Fsp3) is 0.385. The molecule has 0 atom stereocenters. The third kappa shape index (κ3) is 3.32. The molecule has 0 aromatic carbocycles. The second-order valence-corrected chi connectivity index (χ2v) is 7.11. The Labute approximate surface area is 132 Å². The fourth-order valence-corrected chi connectivity index (χ4v) is 3.20. The monoisotopic (exact) mass is 341 g/mol. The van der Waals surface area contributed by atoms with Crippen molar-refractivity contribution in [1.29, 1.82) is 0 Å². The van der Waals surface area contributed by atoms with Gasteiger partial charge in [0, 0.05) is 31.3 Å². The van der Waals surface area contributed by atoms with Gasteiger partial charge in [0.1, 0.15) is 5.76 Å². The summed E-state index contributed by atoms with van der Waals surface area (Å²) in [6.45, 7) is 1.96. The van der Waals surface area contributed by atoms with E-state index in [4.69, 9.17) is 8.97 Å². The van der Waals surface area contributed by atoms with Gasteiger partial charge in [-0.25, -0.2) is 9.97 Å². The lowest BCUT2D eigenvalue weighted by atomic mass is 10.1. The number of hydrogen-bond acceptors (Lipinski definition) is 7. The summed E-state index contributed by atoms with van der Waals surface area (Å²) in [7, 11) is -4.29. The molecule has 3 heterocycles. The fourth-order valence-electron chi connectivity index (χ4n) is 2.39. The molecular formula is C13H15N3O4S2. The third-order valence-corrected chi connectivity index (χ3v) is 4.73. The van der Waals surface area contributed by atoms with Crippen LogP contribution in [-0.4, -0.2) is 40.6 Å². The van der Waals surface area contributed by atoms with Crippen LogP contribution in [0.25, 0.3) is 0 Å². The predicted molar refractivity (Wildman–Crippen MR) is 80.2 cm³/mol. The van der Waals surface area contributed by atoms with Gasteiger partial charge in [0.25, 0.3) is 0 Å². The molecule has 0 spiro atoms. The Morgan fingerprint density at radius 2 is 2.27 bits per heavy atom. The van der Waals surface area contributed by atoms with E-state index in [1.807, 2.05) is 12.5 Å². The molecule has 0 aliphatic carbocycles. The van der Waals surface area contributed by atoms with Gasteiger partial charge < -0.3 is 4.42 Å². The van der Waals surface area contributed by atoms with Crippen LogP contribution >= 0.6 is 11.8 Å². The van der Waals surface area contributed by atoms with E-state index >= 15 is 0 Å². The van der Waals surface area contributed by atoms with Crippen molar-refractivity contribution in [3.05, 3.63) is 35.3 Å². The lowest BCUT2D eigenvalue weighted by Crippen LogP contribution is -2.30. The Hall–Kier alpha value is -1.42. The Kier molecular flexibility index (Phi) is 4.22. The van der Waals surface area contributed by atoms with E-state index in [0.717, 1.165) is 29.4 Å². The Morgan fingerprint density at radius 1 is 1.45 bits per heavy atom. The van der Waals surface area contributed by atoms with E-state index in [1.165, 1.54) is 17.8 Å². The van der Waals surface area contributed by atoms with Gasteiger partial charge in [-0.15, -0.1) is 0 Å². The molecule has 0 unspecified atom stereocenters. The molecule has 0 saturated heterocycles. The van der Waals surface area contributed by atoms with Gasteiger partial charge in [-0.05, 0) is 18.4 Å². The molecule has 0 fully saturated rings. The van der Waals surface area contributed by atoms with Crippen LogP contribution in [0.1, 0.15) is 17.0 Å². The van der Waals surface area contributed by atoms with Crippen molar-refractivity contribution in [2.75, 3.05) is 12.8 Å². The Balaban J connectivity index is 1.71. The molecule has 0 radical (unpaired) electrons. The standard InChI is InChI=1S/C13H15N3O4S2/c1-21-13-14-6-9-7-16(5-4-11(9)15-13)8-10-2-3-12(20-10)22(17,18)19/h2-3,6H,4-5,7-8H2,1H3,(H,17,18,19). The van der Waals surface area contributed by atoms with Crippen LogP contribution in [0.2, 0.25) is 0 Å². The second-order valence-electron chi connectivity index (χ2n) is 4.99. The van der Waals surface area contributed by atoms with Gasteiger partial charge in [-0.1, -0.05) is 11.8 Å². The normalized spacial score (nSPS) is 15.7. The molecule has 0 saturated carbocycles. The highest BCUT2D eigenvalue weighted by Crippen LogP contribution is 2.22. The first-order valence-corrected chi connectivity index (χ1v) is 9.29. The van der Waals surface area contributed by atoms with E-state index in [0.29, 0.717) is 18.8 Å². The van der Waals surface area contributed by atoms with E-state index in [9.17, 15) is 8.42 Å². The topological polar surface area (TPSA) is 96.5 Å². The molecule has 118 valence electrons. The van der Waals surface area contributed by atoms with Crippen LogP contribution in [0.4, 0.5) is 0 Å². The van der Waals surface area contributed by atoms with Crippen LogP contribution < -0.4 is 0 Å². The Bertz CT molecular complexity index is 788. The van der Waals surface area contributed by atoms with Crippen molar-refractivity contribution in [2.45, 2.75) is 29.8 Å². The lowest BCUT2D eigenvalue weighted by molar-refractivity contribution is 0.216. The summed E-state index contributed by atoms with van der Waals surface area (Å²) in [4.78, 5) is 10.9. The average Bonchev–Trinajstić information content (AvgIpc) is 2.95. The van der Waals surface area contributed by atoms with Gasteiger partial charge in [-0.3, -0.25) is 9.45 Å². The van der Waals surface area contributed by atoms with Crippen molar-refractivity contribution >= 4 is 21.9 Å². The molecule has 2 aromatic rings. The quantitative estimate of drug-likeness (QED) is 0.509. The lowest BCUT2D eigenvalue weighted by Gasteiger charge is -2.27.